The highest BCUT2D eigenvalue weighted by molar-refractivity contribution is 7.15. The van der Waals surface area contributed by atoms with E-state index in [1.165, 1.54) is 30.6 Å². The first-order valence-electron chi connectivity index (χ1n) is 6.57. The van der Waals surface area contributed by atoms with E-state index >= 15 is 0 Å². The Bertz CT molecular complexity index is 382. The van der Waals surface area contributed by atoms with Crippen molar-refractivity contribution in [2.24, 2.45) is 5.41 Å². The van der Waals surface area contributed by atoms with Crippen LogP contribution in [0, 0.1) is 5.41 Å². The summed E-state index contributed by atoms with van der Waals surface area (Å²) in [5.74, 6) is -0.0174. The number of carbonyl (C=O) groups is 1. The van der Waals surface area contributed by atoms with Gasteiger partial charge >= 0.3 is 0 Å². The van der Waals surface area contributed by atoms with Gasteiger partial charge in [-0.2, -0.15) is 0 Å². The van der Waals surface area contributed by atoms with Gasteiger partial charge in [0.2, 0.25) is 11.0 Å². The van der Waals surface area contributed by atoms with Crippen LogP contribution < -0.4 is 5.32 Å². The lowest BCUT2D eigenvalue weighted by Crippen LogP contribution is -2.27. The summed E-state index contributed by atoms with van der Waals surface area (Å²) in [6, 6.07) is 0. The number of nitrogens with one attached hydrogen (secondary N) is 1. The quantitative estimate of drug-likeness (QED) is 0.802. The molecule has 0 aliphatic rings. The second kappa shape index (κ2) is 6.83. The van der Waals surface area contributed by atoms with Gasteiger partial charge in [0.25, 0.3) is 0 Å². The molecule has 0 saturated heterocycles. The first-order valence-corrected chi connectivity index (χ1v) is 7.39. The van der Waals surface area contributed by atoms with Gasteiger partial charge in [-0.15, -0.1) is 10.2 Å². The molecule has 0 aliphatic heterocycles. The molecule has 1 N–H and O–H groups in total. The molecule has 1 aromatic heterocycles. The number of nitrogens with zero attached hydrogens (tertiary/aromatic N) is 2. The second-order valence-corrected chi connectivity index (χ2v) is 6.58. The Morgan fingerprint density at radius 2 is 1.94 bits per heavy atom. The van der Waals surface area contributed by atoms with E-state index in [1.54, 1.807) is 0 Å². The topological polar surface area (TPSA) is 54.9 Å². The van der Waals surface area contributed by atoms with E-state index in [0.717, 1.165) is 17.8 Å². The minimum absolute atomic E-state index is 0.0174. The van der Waals surface area contributed by atoms with Crippen molar-refractivity contribution in [2.45, 2.75) is 59.8 Å². The molecule has 0 spiro atoms. The Morgan fingerprint density at radius 1 is 1.22 bits per heavy atom. The molecule has 0 aliphatic carbocycles. The van der Waals surface area contributed by atoms with Gasteiger partial charge in [-0.25, -0.2) is 0 Å². The van der Waals surface area contributed by atoms with Crippen molar-refractivity contribution in [3.8, 4) is 0 Å². The second-order valence-electron chi connectivity index (χ2n) is 5.52. The highest BCUT2D eigenvalue weighted by Crippen LogP contribution is 2.21. The van der Waals surface area contributed by atoms with Gasteiger partial charge in [0.05, 0.1) is 0 Å². The summed E-state index contributed by atoms with van der Waals surface area (Å²) in [5.41, 5.74) is -0.396. The van der Waals surface area contributed by atoms with E-state index in [4.69, 9.17) is 0 Å². The van der Waals surface area contributed by atoms with Crippen LogP contribution >= 0.6 is 11.3 Å². The fraction of sp³-hybridized carbons (Fsp3) is 0.769. The Kier molecular flexibility index (Phi) is 5.72. The zero-order chi connectivity index (χ0) is 13.6. The molecule has 4 nitrogen and oxygen atoms in total. The van der Waals surface area contributed by atoms with Crippen LogP contribution in [0.2, 0.25) is 0 Å². The summed E-state index contributed by atoms with van der Waals surface area (Å²) in [6.07, 6.45) is 5.86. The van der Waals surface area contributed by atoms with Crippen LogP contribution in [-0.4, -0.2) is 16.1 Å². The van der Waals surface area contributed by atoms with Crippen LogP contribution in [0.15, 0.2) is 0 Å². The number of hydrogen-bond donors (Lipinski definition) is 1. The van der Waals surface area contributed by atoms with Crippen molar-refractivity contribution in [2.75, 3.05) is 5.32 Å². The predicted octanol–water partition coefficient (Wildman–Crippen LogP) is 3.65. The molecule has 0 radical (unpaired) electrons. The zero-order valence-electron chi connectivity index (χ0n) is 11.7. The average molecular weight is 269 g/mol. The van der Waals surface area contributed by atoms with Crippen molar-refractivity contribution in [1.29, 1.82) is 0 Å². The van der Waals surface area contributed by atoms with Crippen LogP contribution in [0.5, 0.6) is 0 Å². The van der Waals surface area contributed by atoms with E-state index in [0.29, 0.717) is 5.13 Å². The standard InChI is InChI=1S/C13H23N3OS/c1-5-6-7-8-9-10-15-16-12(18-10)14-11(17)13(2,3)4/h5-9H2,1-4H3,(H,14,16,17). The number of aryl methyl sites for hydroxylation is 1. The lowest BCUT2D eigenvalue weighted by molar-refractivity contribution is -0.123. The molecule has 0 bridgehead atoms. The molecule has 0 aromatic carbocycles. The Labute approximate surface area is 113 Å². The molecule has 0 atom stereocenters. The summed E-state index contributed by atoms with van der Waals surface area (Å²) in [4.78, 5) is 11.8. The van der Waals surface area contributed by atoms with Crippen LogP contribution in [0.4, 0.5) is 5.13 Å². The maximum atomic E-state index is 11.8. The lowest BCUT2D eigenvalue weighted by Gasteiger charge is -2.15. The minimum Gasteiger partial charge on any atom is -0.300 e. The van der Waals surface area contributed by atoms with Crippen molar-refractivity contribution in [3.05, 3.63) is 5.01 Å². The minimum atomic E-state index is -0.396. The van der Waals surface area contributed by atoms with Gasteiger partial charge < -0.3 is 5.32 Å². The fourth-order valence-corrected chi connectivity index (χ4v) is 2.17. The van der Waals surface area contributed by atoms with Crippen LogP contribution in [0.25, 0.3) is 0 Å². The zero-order valence-corrected chi connectivity index (χ0v) is 12.6. The van der Waals surface area contributed by atoms with Gasteiger partial charge in [-0.1, -0.05) is 58.3 Å². The molecule has 5 heteroatoms. The number of aromatic nitrogens is 2. The largest absolute Gasteiger partial charge is 0.300 e. The average Bonchev–Trinajstić information content (AvgIpc) is 2.71. The number of amides is 1. The van der Waals surface area contributed by atoms with Gasteiger partial charge in [-0.3, -0.25) is 4.79 Å². The maximum absolute atomic E-state index is 11.8. The van der Waals surface area contributed by atoms with Crippen LogP contribution in [0.1, 0.15) is 58.4 Å². The molecule has 0 unspecified atom stereocenters. The van der Waals surface area contributed by atoms with Gasteiger partial charge in [0, 0.05) is 11.8 Å². The first-order chi connectivity index (χ1) is 8.43. The normalized spacial score (nSPS) is 11.6. The Balaban J connectivity index is 2.41. The molecule has 1 aromatic rings. The third kappa shape index (κ3) is 5.12. The number of rotatable bonds is 6. The van der Waals surface area contributed by atoms with Gasteiger partial charge in [-0.05, 0) is 6.42 Å². The SMILES string of the molecule is CCCCCCc1nnc(NC(=O)C(C)(C)C)s1. The smallest absolute Gasteiger partial charge is 0.231 e. The molecule has 1 amide bonds. The lowest BCUT2D eigenvalue weighted by atomic mass is 9.96. The molecule has 1 rings (SSSR count). The van der Waals surface area contributed by atoms with E-state index in [2.05, 4.69) is 22.4 Å². The van der Waals surface area contributed by atoms with E-state index in [1.807, 2.05) is 20.8 Å². The monoisotopic (exact) mass is 269 g/mol. The third-order valence-electron chi connectivity index (χ3n) is 2.61. The van der Waals surface area contributed by atoms with Gasteiger partial charge in [0.1, 0.15) is 5.01 Å². The molecule has 0 fully saturated rings. The highest BCUT2D eigenvalue weighted by Gasteiger charge is 2.22. The maximum Gasteiger partial charge on any atom is 0.231 e. The number of unbranched alkanes of at least 4 members (excludes halogenated alkanes) is 3. The molecule has 0 saturated carbocycles. The number of hydrogen-bond acceptors (Lipinski definition) is 4. The molecule has 102 valence electrons. The van der Waals surface area contributed by atoms with Crippen molar-refractivity contribution >= 4 is 22.4 Å². The number of anilines is 1. The van der Waals surface area contributed by atoms with E-state index < -0.39 is 5.41 Å². The predicted molar refractivity (Wildman–Crippen MR) is 75.8 cm³/mol. The van der Waals surface area contributed by atoms with Crippen molar-refractivity contribution in [1.82, 2.24) is 10.2 Å². The Hall–Kier alpha value is -0.970. The van der Waals surface area contributed by atoms with Crippen LogP contribution in [-0.2, 0) is 11.2 Å². The van der Waals surface area contributed by atoms with Crippen molar-refractivity contribution in [3.63, 3.8) is 0 Å². The summed E-state index contributed by atoms with van der Waals surface area (Å²) in [5, 5.41) is 12.5. The van der Waals surface area contributed by atoms with Crippen molar-refractivity contribution < 1.29 is 4.79 Å². The Morgan fingerprint density at radius 3 is 2.56 bits per heavy atom. The van der Waals surface area contributed by atoms with E-state index in [9.17, 15) is 4.79 Å². The molecular weight excluding hydrogens is 246 g/mol. The summed E-state index contributed by atoms with van der Waals surface area (Å²) in [7, 11) is 0. The number of carbonyl (C=O) groups excluding carboxylic acids is 1. The van der Waals surface area contributed by atoms with Gasteiger partial charge in [0.15, 0.2) is 0 Å². The molecule has 1 heterocycles. The van der Waals surface area contributed by atoms with Crippen LogP contribution in [0.3, 0.4) is 0 Å². The molecular formula is C13H23N3OS. The first kappa shape index (κ1) is 15.1. The summed E-state index contributed by atoms with van der Waals surface area (Å²) >= 11 is 1.48. The highest BCUT2D eigenvalue weighted by atomic mass is 32.1. The third-order valence-corrected chi connectivity index (χ3v) is 3.51. The fourth-order valence-electron chi connectivity index (χ4n) is 1.39. The molecule has 18 heavy (non-hydrogen) atoms. The van der Waals surface area contributed by atoms with E-state index in [-0.39, 0.29) is 5.91 Å². The summed E-state index contributed by atoms with van der Waals surface area (Å²) < 4.78 is 0. The summed E-state index contributed by atoms with van der Waals surface area (Å²) in [6.45, 7) is 7.85.